The Hall–Kier alpha value is -3.11. The summed E-state index contributed by atoms with van der Waals surface area (Å²) in [6.45, 7) is 5.91. The first-order valence-corrected chi connectivity index (χ1v) is 11.6. The summed E-state index contributed by atoms with van der Waals surface area (Å²) in [6.07, 6.45) is 2.54. The molecule has 4 nitrogen and oxygen atoms in total. The summed E-state index contributed by atoms with van der Waals surface area (Å²) in [4.78, 5) is 13.2. The van der Waals surface area contributed by atoms with Gasteiger partial charge in [0.25, 0.3) is 0 Å². The molecule has 2 heterocycles. The molecule has 4 heteroatoms. The van der Waals surface area contributed by atoms with Gasteiger partial charge in [-0.15, -0.1) is 0 Å². The molecule has 5 rings (SSSR count). The van der Waals surface area contributed by atoms with Crippen LogP contribution in [0.4, 0.5) is 5.69 Å². The minimum absolute atomic E-state index is 0.0387. The maximum Gasteiger partial charge on any atom is 0.237 e. The minimum atomic E-state index is -0.185. The number of hydrogen-bond acceptors (Lipinski definition) is 3. The standard InChI is InChI=1S/C28H31N3O/c1-18-12-19(2)23-16-27(30-17-22(23)13-18)28(32)31-26-10-11-29-25-9-8-21(15-24(25)26)14-20-6-4-3-5-7-20/h3-9,12-13,15,26-27,29-30H,10-11,14,16-17H2,1-2H3,(H,31,32). The molecule has 32 heavy (non-hydrogen) atoms. The lowest BCUT2D eigenvalue weighted by molar-refractivity contribution is -0.124. The number of benzene rings is 3. The molecule has 0 aliphatic carbocycles. The summed E-state index contributed by atoms with van der Waals surface area (Å²) in [5, 5.41) is 10.3. The number of nitrogens with one attached hydrogen (secondary N) is 3. The van der Waals surface area contributed by atoms with E-state index < -0.39 is 0 Å². The van der Waals surface area contributed by atoms with Crippen LogP contribution in [0.1, 0.15) is 51.4 Å². The lowest BCUT2D eigenvalue weighted by Crippen LogP contribution is -2.49. The van der Waals surface area contributed by atoms with Gasteiger partial charge in [-0.2, -0.15) is 0 Å². The Labute approximate surface area is 190 Å². The molecule has 0 bridgehead atoms. The van der Waals surface area contributed by atoms with Crippen LogP contribution in [-0.2, 0) is 24.2 Å². The van der Waals surface area contributed by atoms with Crippen molar-refractivity contribution in [1.29, 1.82) is 0 Å². The molecule has 1 amide bonds. The van der Waals surface area contributed by atoms with E-state index in [9.17, 15) is 4.79 Å². The first-order chi connectivity index (χ1) is 15.6. The highest BCUT2D eigenvalue weighted by molar-refractivity contribution is 5.83. The number of fused-ring (bicyclic) bond motifs is 2. The summed E-state index contributed by atoms with van der Waals surface area (Å²) in [5.74, 6) is 0.0990. The zero-order chi connectivity index (χ0) is 22.1. The number of anilines is 1. The van der Waals surface area contributed by atoms with E-state index in [0.29, 0.717) is 0 Å². The van der Waals surface area contributed by atoms with Crippen molar-refractivity contribution in [3.8, 4) is 0 Å². The van der Waals surface area contributed by atoms with Crippen LogP contribution in [0.2, 0.25) is 0 Å². The van der Waals surface area contributed by atoms with Crippen LogP contribution >= 0.6 is 0 Å². The van der Waals surface area contributed by atoms with Crippen molar-refractivity contribution in [3.05, 3.63) is 99.6 Å². The van der Waals surface area contributed by atoms with E-state index in [-0.39, 0.29) is 18.0 Å². The maximum absolute atomic E-state index is 13.2. The Balaban J connectivity index is 1.32. The molecule has 3 aromatic rings. The second-order valence-corrected chi connectivity index (χ2v) is 9.22. The molecule has 0 saturated heterocycles. The molecule has 3 N–H and O–H groups in total. The van der Waals surface area contributed by atoms with Crippen LogP contribution in [0.25, 0.3) is 0 Å². The van der Waals surface area contributed by atoms with Crippen molar-refractivity contribution < 1.29 is 4.79 Å². The van der Waals surface area contributed by atoms with Crippen LogP contribution in [0.5, 0.6) is 0 Å². The van der Waals surface area contributed by atoms with Gasteiger partial charge in [0.1, 0.15) is 0 Å². The minimum Gasteiger partial charge on any atom is -0.385 e. The Bertz CT molecular complexity index is 1140. The molecule has 2 unspecified atom stereocenters. The van der Waals surface area contributed by atoms with Gasteiger partial charge >= 0.3 is 0 Å². The molecule has 0 spiro atoms. The molecule has 164 valence electrons. The largest absolute Gasteiger partial charge is 0.385 e. The smallest absolute Gasteiger partial charge is 0.237 e. The molecule has 3 aromatic carbocycles. The lowest BCUT2D eigenvalue weighted by atomic mass is 9.89. The Morgan fingerprint density at radius 1 is 1.03 bits per heavy atom. The van der Waals surface area contributed by atoms with Gasteiger partial charge in [-0.1, -0.05) is 60.2 Å². The Kier molecular flexibility index (Phi) is 5.71. The number of carbonyl (C=O) groups excluding carboxylic acids is 1. The zero-order valence-electron chi connectivity index (χ0n) is 18.9. The number of rotatable bonds is 4. The average molecular weight is 426 g/mol. The molecule has 2 aliphatic rings. The van der Waals surface area contributed by atoms with Crippen molar-refractivity contribution in [2.24, 2.45) is 0 Å². The average Bonchev–Trinajstić information content (AvgIpc) is 2.80. The summed E-state index contributed by atoms with van der Waals surface area (Å²) in [7, 11) is 0. The van der Waals surface area contributed by atoms with Crippen molar-refractivity contribution >= 4 is 11.6 Å². The van der Waals surface area contributed by atoms with Crippen molar-refractivity contribution in [1.82, 2.24) is 10.6 Å². The zero-order valence-corrected chi connectivity index (χ0v) is 18.9. The van der Waals surface area contributed by atoms with Crippen LogP contribution in [0, 0.1) is 13.8 Å². The second-order valence-electron chi connectivity index (χ2n) is 9.22. The van der Waals surface area contributed by atoms with E-state index in [1.54, 1.807) is 0 Å². The van der Waals surface area contributed by atoms with Gasteiger partial charge in [-0.25, -0.2) is 0 Å². The first kappa shape index (κ1) is 20.8. The van der Waals surface area contributed by atoms with E-state index >= 15 is 0 Å². The van der Waals surface area contributed by atoms with Gasteiger partial charge in [0.2, 0.25) is 5.91 Å². The highest BCUT2D eigenvalue weighted by Crippen LogP contribution is 2.32. The molecule has 2 aliphatic heterocycles. The van der Waals surface area contributed by atoms with Crippen LogP contribution in [0.3, 0.4) is 0 Å². The second kappa shape index (κ2) is 8.79. The predicted octanol–water partition coefficient (Wildman–Crippen LogP) is 4.58. The quantitative estimate of drug-likeness (QED) is 0.573. The van der Waals surface area contributed by atoms with Gasteiger partial charge in [0, 0.05) is 18.8 Å². The van der Waals surface area contributed by atoms with Gasteiger partial charge in [0.05, 0.1) is 12.1 Å². The molecule has 0 fully saturated rings. The van der Waals surface area contributed by atoms with E-state index in [4.69, 9.17) is 0 Å². The SMILES string of the molecule is Cc1cc(C)c2c(c1)CNC(C(=O)NC1CCNc3ccc(Cc4ccccc4)cc31)C2. The molecular weight excluding hydrogens is 394 g/mol. The molecule has 2 atom stereocenters. The number of amides is 1. The van der Waals surface area contributed by atoms with Crippen LogP contribution in [0.15, 0.2) is 60.7 Å². The topological polar surface area (TPSA) is 53.2 Å². The normalized spacial score (nSPS) is 19.4. The van der Waals surface area contributed by atoms with Crippen molar-refractivity contribution in [2.75, 3.05) is 11.9 Å². The van der Waals surface area contributed by atoms with E-state index in [1.807, 2.05) is 6.07 Å². The third-order valence-corrected chi connectivity index (χ3v) is 6.78. The number of aryl methyl sites for hydroxylation is 2. The fourth-order valence-corrected chi connectivity index (χ4v) is 5.16. The van der Waals surface area contributed by atoms with Gasteiger partial charge < -0.3 is 16.0 Å². The predicted molar refractivity (Wildman–Crippen MR) is 130 cm³/mol. The van der Waals surface area contributed by atoms with Gasteiger partial charge in [-0.05, 0) is 72.6 Å². The first-order valence-electron chi connectivity index (χ1n) is 11.6. The summed E-state index contributed by atoms with van der Waals surface area (Å²) >= 11 is 0. The third kappa shape index (κ3) is 4.28. The summed E-state index contributed by atoms with van der Waals surface area (Å²) < 4.78 is 0. The highest BCUT2D eigenvalue weighted by atomic mass is 16.2. The fraction of sp³-hybridized carbons (Fsp3) is 0.321. The number of hydrogen-bond donors (Lipinski definition) is 3. The Morgan fingerprint density at radius 3 is 2.72 bits per heavy atom. The van der Waals surface area contributed by atoms with Crippen LogP contribution < -0.4 is 16.0 Å². The molecular formula is C28H31N3O. The van der Waals surface area contributed by atoms with Crippen LogP contribution in [-0.4, -0.2) is 18.5 Å². The Morgan fingerprint density at radius 2 is 1.88 bits per heavy atom. The highest BCUT2D eigenvalue weighted by Gasteiger charge is 2.29. The van der Waals surface area contributed by atoms with E-state index in [0.717, 1.165) is 38.0 Å². The monoisotopic (exact) mass is 425 g/mol. The fourth-order valence-electron chi connectivity index (χ4n) is 5.16. The summed E-state index contributed by atoms with van der Waals surface area (Å²) in [5.41, 5.74) is 10.1. The van der Waals surface area contributed by atoms with Gasteiger partial charge in [0.15, 0.2) is 0 Å². The van der Waals surface area contributed by atoms with Gasteiger partial charge in [-0.3, -0.25) is 4.79 Å². The van der Waals surface area contributed by atoms with Crippen molar-refractivity contribution in [2.45, 2.75) is 51.7 Å². The number of carbonyl (C=O) groups is 1. The van der Waals surface area contributed by atoms with Crippen molar-refractivity contribution in [3.63, 3.8) is 0 Å². The lowest BCUT2D eigenvalue weighted by Gasteiger charge is -2.32. The molecule has 0 radical (unpaired) electrons. The molecule has 0 aromatic heterocycles. The summed E-state index contributed by atoms with van der Waals surface area (Å²) in [6, 6.07) is 21.4. The third-order valence-electron chi connectivity index (χ3n) is 6.78. The van der Waals surface area contributed by atoms with E-state index in [1.165, 1.54) is 38.9 Å². The molecule has 0 saturated carbocycles. The maximum atomic E-state index is 13.2. The van der Waals surface area contributed by atoms with E-state index in [2.05, 4.69) is 84.4 Å².